The molecular formula is C11H18N2S. The molecule has 1 aromatic heterocycles. The zero-order valence-corrected chi connectivity index (χ0v) is 9.97. The van der Waals surface area contributed by atoms with Crippen LogP contribution in [0.25, 0.3) is 0 Å². The molecule has 1 aliphatic heterocycles. The van der Waals surface area contributed by atoms with E-state index in [9.17, 15) is 0 Å². The predicted octanol–water partition coefficient (Wildman–Crippen LogP) is 2.20. The van der Waals surface area contributed by atoms with Crippen LogP contribution in [-0.4, -0.2) is 37.6 Å². The van der Waals surface area contributed by atoms with Crippen molar-refractivity contribution in [3.05, 3.63) is 17.0 Å². The van der Waals surface area contributed by atoms with Crippen molar-refractivity contribution in [2.75, 3.05) is 31.6 Å². The first-order valence-electron chi connectivity index (χ1n) is 5.18. The summed E-state index contributed by atoms with van der Waals surface area (Å²) in [5.41, 5.74) is 0. The third-order valence-corrected chi connectivity index (χ3v) is 4.06. The molecule has 0 saturated carbocycles. The van der Waals surface area contributed by atoms with Gasteiger partial charge in [-0.3, -0.25) is 0 Å². The van der Waals surface area contributed by atoms with E-state index in [0.29, 0.717) is 6.04 Å². The smallest absolute Gasteiger partial charge is 0.0912 e. The lowest BCUT2D eigenvalue weighted by molar-refractivity contribution is 0.234. The van der Waals surface area contributed by atoms with Crippen LogP contribution in [0.2, 0.25) is 0 Å². The first kappa shape index (κ1) is 9.99. The second kappa shape index (κ2) is 3.91. The number of piperazine rings is 1. The maximum absolute atomic E-state index is 2.50. The molecular weight excluding hydrogens is 192 g/mol. The van der Waals surface area contributed by atoms with Gasteiger partial charge in [-0.25, -0.2) is 0 Å². The molecule has 0 spiro atoms. The SMILES string of the molecule is Cc1ccc(N2CCN(C)C(C)C2)s1. The molecule has 0 aliphatic carbocycles. The van der Waals surface area contributed by atoms with Gasteiger partial charge >= 0.3 is 0 Å². The Kier molecular flexibility index (Phi) is 2.79. The van der Waals surface area contributed by atoms with E-state index >= 15 is 0 Å². The number of nitrogens with zero attached hydrogens (tertiary/aromatic N) is 2. The summed E-state index contributed by atoms with van der Waals surface area (Å²) >= 11 is 1.90. The summed E-state index contributed by atoms with van der Waals surface area (Å²) in [6.07, 6.45) is 0. The largest absolute Gasteiger partial charge is 0.361 e. The minimum Gasteiger partial charge on any atom is -0.361 e. The van der Waals surface area contributed by atoms with Crippen LogP contribution >= 0.6 is 11.3 Å². The van der Waals surface area contributed by atoms with Gasteiger partial charge in [-0.2, -0.15) is 0 Å². The average molecular weight is 210 g/mol. The molecule has 1 aromatic rings. The maximum atomic E-state index is 2.50. The van der Waals surface area contributed by atoms with Gasteiger partial charge in [-0.15, -0.1) is 11.3 Å². The number of hydrogen-bond acceptors (Lipinski definition) is 3. The first-order chi connectivity index (χ1) is 6.66. The number of aryl methyl sites for hydroxylation is 1. The van der Waals surface area contributed by atoms with Crippen LogP contribution in [0.15, 0.2) is 12.1 Å². The Balaban J connectivity index is 2.06. The summed E-state index contributed by atoms with van der Waals surface area (Å²) in [5.74, 6) is 0. The van der Waals surface area contributed by atoms with Crippen LogP contribution in [0.4, 0.5) is 5.00 Å². The predicted molar refractivity (Wildman–Crippen MR) is 63.4 cm³/mol. The third-order valence-electron chi connectivity index (χ3n) is 3.00. The molecule has 1 atom stereocenters. The van der Waals surface area contributed by atoms with E-state index in [1.165, 1.54) is 23.0 Å². The zero-order valence-electron chi connectivity index (χ0n) is 9.16. The Morgan fingerprint density at radius 3 is 2.71 bits per heavy atom. The fourth-order valence-corrected chi connectivity index (χ4v) is 2.74. The van der Waals surface area contributed by atoms with Gasteiger partial charge in [0.25, 0.3) is 0 Å². The van der Waals surface area contributed by atoms with Gasteiger partial charge in [-0.05, 0) is 33.0 Å². The monoisotopic (exact) mass is 210 g/mol. The van der Waals surface area contributed by atoms with Gasteiger partial charge in [0, 0.05) is 30.6 Å². The van der Waals surface area contributed by atoms with Crippen molar-refractivity contribution in [3.63, 3.8) is 0 Å². The zero-order chi connectivity index (χ0) is 10.1. The van der Waals surface area contributed by atoms with Gasteiger partial charge in [0.1, 0.15) is 0 Å². The molecule has 14 heavy (non-hydrogen) atoms. The van der Waals surface area contributed by atoms with Crippen LogP contribution in [-0.2, 0) is 0 Å². The standard InChI is InChI=1S/C11H18N2S/c1-9-8-13(7-6-12(9)3)11-5-4-10(2)14-11/h4-5,9H,6-8H2,1-3H3. The Morgan fingerprint density at radius 1 is 1.36 bits per heavy atom. The number of thiophene rings is 1. The van der Waals surface area contributed by atoms with Crippen molar-refractivity contribution in [2.24, 2.45) is 0 Å². The summed E-state index contributed by atoms with van der Waals surface area (Å²) in [7, 11) is 2.21. The second-order valence-electron chi connectivity index (χ2n) is 4.16. The van der Waals surface area contributed by atoms with E-state index in [2.05, 4.69) is 42.8 Å². The number of anilines is 1. The van der Waals surface area contributed by atoms with Crippen LogP contribution in [0.5, 0.6) is 0 Å². The topological polar surface area (TPSA) is 6.48 Å². The lowest BCUT2D eigenvalue weighted by atomic mass is 10.2. The van der Waals surface area contributed by atoms with Crippen molar-refractivity contribution >= 4 is 16.3 Å². The molecule has 0 radical (unpaired) electrons. The van der Waals surface area contributed by atoms with Gasteiger partial charge in [0.05, 0.1) is 5.00 Å². The van der Waals surface area contributed by atoms with Crippen molar-refractivity contribution in [3.8, 4) is 0 Å². The molecule has 3 heteroatoms. The van der Waals surface area contributed by atoms with Gasteiger partial charge in [0.2, 0.25) is 0 Å². The van der Waals surface area contributed by atoms with Gasteiger partial charge in [-0.1, -0.05) is 0 Å². The van der Waals surface area contributed by atoms with Crippen molar-refractivity contribution < 1.29 is 0 Å². The van der Waals surface area contributed by atoms with E-state index in [1.807, 2.05) is 11.3 Å². The van der Waals surface area contributed by atoms with Crippen molar-refractivity contribution in [1.82, 2.24) is 4.90 Å². The number of likely N-dealkylation sites (N-methyl/N-ethyl adjacent to an activating group) is 1. The van der Waals surface area contributed by atoms with Crippen LogP contribution in [0.3, 0.4) is 0 Å². The quantitative estimate of drug-likeness (QED) is 0.701. The Hall–Kier alpha value is -0.540. The van der Waals surface area contributed by atoms with E-state index in [1.54, 1.807) is 0 Å². The average Bonchev–Trinajstić information content (AvgIpc) is 2.57. The number of hydrogen-bond donors (Lipinski definition) is 0. The normalized spacial score (nSPS) is 24.2. The highest BCUT2D eigenvalue weighted by Crippen LogP contribution is 2.26. The molecule has 0 N–H and O–H groups in total. The Bertz CT molecular complexity index is 308. The fourth-order valence-electron chi connectivity index (χ4n) is 1.84. The van der Waals surface area contributed by atoms with Crippen LogP contribution in [0.1, 0.15) is 11.8 Å². The van der Waals surface area contributed by atoms with Crippen LogP contribution < -0.4 is 4.90 Å². The highest BCUT2D eigenvalue weighted by molar-refractivity contribution is 7.16. The summed E-state index contributed by atoms with van der Waals surface area (Å²) in [5, 5.41) is 1.43. The summed E-state index contributed by atoms with van der Waals surface area (Å²) in [6.45, 7) is 7.98. The Labute approximate surface area is 90.1 Å². The second-order valence-corrected chi connectivity index (χ2v) is 5.43. The van der Waals surface area contributed by atoms with Crippen molar-refractivity contribution in [2.45, 2.75) is 19.9 Å². The molecule has 2 nitrogen and oxygen atoms in total. The summed E-state index contributed by atoms with van der Waals surface area (Å²) in [4.78, 5) is 6.34. The van der Waals surface area contributed by atoms with Gasteiger partial charge < -0.3 is 9.80 Å². The lowest BCUT2D eigenvalue weighted by Crippen LogP contribution is -2.49. The highest BCUT2D eigenvalue weighted by atomic mass is 32.1. The van der Waals surface area contributed by atoms with Gasteiger partial charge in [0.15, 0.2) is 0 Å². The maximum Gasteiger partial charge on any atom is 0.0912 e. The fraction of sp³-hybridized carbons (Fsp3) is 0.636. The first-order valence-corrected chi connectivity index (χ1v) is 6.00. The van der Waals surface area contributed by atoms with Crippen LogP contribution in [0, 0.1) is 6.92 Å². The minimum atomic E-state index is 0.672. The van der Waals surface area contributed by atoms with Crippen molar-refractivity contribution in [1.29, 1.82) is 0 Å². The molecule has 1 unspecified atom stereocenters. The lowest BCUT2D eigenvalue weighted by Gasteiger charge is -2.38. The molecule has 0 bridgehead atoms. The molecule has 2 heterocycles. The number of rotatable bonds is 1. The molecule has 1 saturated heterocycles. The summed E-state index contributed by atoms with van der Waals surface area (Å²) in [6, 6.07) is 5.13. The van der Waals surface area contributed by atoms with E-state index in [-0.39, 0.29) is 0 Å². The minimum absolute atomic E-state index is 0.672. The molecule has 78 valence electrons. The molecule has 1 fully saturated rings. The van der Waals surface area contributed by atoms with E-state index < -0.39 is 0 Å². The molecule has 0 aromatic carbocycles. The highest BCUT2D eigenvalue weighted by Gasteiger charge is 2.21. The third kappa shape index (κ3) is 1.93. The molecule has 2 rings (SSSR count). The Morgan fingerprint density at radius 2 is 2.14 bits per heavy atom. The van der Waals surface area contributed by atoms with E-state index in [0.717, 1.165) is 6.54 Å². The summed E-state index contributed by atoms with van der Waals surface area (Å²) < 4.78 is 0. The molecule has 0 amide bonds. The molecule has 1 aliphatic rings. The van der Waals surface area contributed by atoms with E-state index in [4.69, 9.17) is 0 Å².